The molecule has 5 rings (SSSR count). The van der Waals surface area contributed by atoms with Gasteiger partial charge in [-0.05, 0) is 61.7 Å². The second kappa shape index (κ2) is 17.7. The van der Waals surface area contributed by atoms with Gasteiger partial charge in [0.05, 0.1) is 53.4 Å². The van der Waals surface area contributed by atoms with E-state index in [0.29, 0.717) is 38.2 Å². The molecule has 2 aliphatic rings. The zero-order chi connectivity index (χ0) is 38.0. The van der Waals surface area contributed by atoms with E-state index in [1.165, 1.54) is 36.4 Å². The highest BCUT2D eigenvalue weighted by Crippen LogP contribution is 2.33. The second-order valence-electron chi connectivity index (χ2n) is 12.1. The zero-order valence-electron chi connectivity index (χ0n) is 28.5. The average Bonchev–Trinajstić information content (AvgIpc) is 3.38. The first-order valence-corrected chi connectivity index (χ1v) is 16.9. The molecule has 0 spiro atoms. The molecule has 2 heterocycles. The number of para-hydroxylation sites is 1. The summed E-state index contributed by atoms with van der Waals surface area (Å²) >= 11 is 0. The fraction of sp³-hybridized carbons (Fsp3) is 0.351. The monoisotopic (exact) mass is 738 g/mol. The molecule has 0 bridgehead atoms. The number of hydrogen-bond donors (Lipinski definition) is 3. The van der Waals surface area contributed by atoms with Crippen molar-refractivity contribution in [1.29, 1.82) is 0 Å². The minimum atomic E-state index is -4.50. The van der Waals surface area contributed by atoms with Gasteiger partial charge in [-0.1, -0.05) is 30.7 Å². The summed E-state index contributed by atoms with van der Waals surface area (Å²) in [5, 5.41) is 7.68. The molecule has 3 aromatic carbocycles. The van der Waals surface area contributed by atoms with Gasteiger partial charge >= 0.3 is 12.1 Å². The Labute approximate surface area is 302 Å². The van der Waals surface area contributed by atoms with Crippen LogP contribution in [0.5, 0.6) is 0 Å². The van der Waals surface area contributed by atoms with E-state index >= 15 is 0 Å². The predicted molar refractivity (Wildman–Crippen MR) is 183 cm³/mol. The Bertz CT molecular complexity index is 1870. The Morgan fingerprint density at radius 2 is 1.53 bits per heavy atom. The fourth-order valence-corrected chi connectivity index (χ4v) is 5.79. The van der Waals surface area contributed by atoms with E-state index in [1.807, 2.05) is 0 Å². The fourth-order valence-electron chi connectivity index (χ4n) is 5.79. The number of imide groups is 2. The van der Waals surface area contributed by atoms with Gasteiger partial charge in [-0.25, -0.2) is 4.79 Å². The van der Waals surface area contributed by atoms with Crippen LogP contribution in [0, 0.1) is 0 Å². The van der Waals surface area contributed by atoms with E-state index in [0.717, 1.165) is 17.0 Å². The largest absolute Gasteiger partial charge is 0.460 e. The molecule has 53 heavy (non-hydrogen) atoms. The molecule has 16 heteroatoms. The number of carbonyl (C=O) groups excluding carboxylic acids is 6. The van der Waals surface area contributed by atoms with Crippen LogP contribution in [-0.2, 0) is 34.8 Å². The minimum Gasteiger partial charge on any atom is -0.460 e. The van der Waals surface area contributed by atoms with Crippen molar-refractivity contribution in [2.45, 2.75) is 50.7 Å². The number of fused-ring (bicyclic) bond motifs is 1. The van der Waals surface area contributed by atoms with Gasteiger partial charge in [0.2, 0.25) is 17.7 Å². The molecule has 1 fully saturated rings. The van der Waals surface area contributed by atoms with Crippen molar-refractivity contribution < 1.29 is 56.1 Å². The number of alkyl halides is 3. The van der Waals surface area contributed by atoms with E-state index in [9.17, 15) is 41.9 Å². The molecule has 280 valence electrons. The van der Waals surface area contributed by atoms with Gasteiger partial charge in [-0.15, -0.1) is 0 Å². The summed E-state index contributed by atoms with van der Waals surface area (Å²) in [6.07, 6.45) is -2.41. The molecule has 3 aromatic rings. The number of esters is 1. The normalized spacial score (nSPS) is 15.6. The summed E-state index contributed by atoms with van der Waals surface area (Å²) in [6.45, 7) is 1.02. The van der Waals surface area contributed by atoms with Crippen molar-refractivity contribution in [2.75, 3.05) is 43.7 Å². The number of halogens is 3. The van der Waals surface area contributed by atoms with Crippen LogP contribution in [0.3, 0.4) is 0 Å². The van der Waals surface area contributed by atoms with Gasteiger partial charge in [-0.2, -0.15) is 13.2 Å². The number of hydrogen-bond acceptors (Lipinski definition) is 10. The van der Waals surface area contributed by atoms with Crippen LogP contribution in [0.15, 0.2) is 66.7 Å². The number of benzene rings is 3. The number of carbonyl (C=O) groups is 6. The van der Waals surface area contributed by atoms with Crippen LogP contribution in [0.25, 0.3) is 0 Å². The standard InChI is InChI=1S/C37H37F3N4O9/c38-37(39,40)23-8-6-9-24(22-23)41-27-12-4-3-10-25(27)36(50)53-21-20-52-19-18-51-17-5-1-2-14-30(45)42-28-13-7-11-26-32(28)35(49)44(34(26)48)29-15-16-31(46)43-33(29)47/h3-4,6-13,22,29,41H,1-2,5,14-21H2,(H,42,45)(H,43,46,47). The third-order valence-electron chi connectivity index (χ3n) is 8.38. The number of nitrogens with zero attached hydrogens (tertiary/aromatic N) is 1. The Balaban J connectivity index is 0.932. The lowest BCUT2D eigenvalue weighted by Gasteiger charge is -2.27. The van der Waals surface area contributed by atoms with Gasteiger partial charge in [0.15, 0.2) is 0 Å². The number of anilines is 3. The molecule has 1 atom stereocenters. The molecule has 0 saturated carbocycles. The van der Waals surface area contributed by atoms with E-state index < -0.39 is 47.4 Å². The topological polar surface area (TPSA) is 169 Å². The molecular formula is C37H37F3N4O9. The van der Waals surface area contributed by atoms with Crippen LogP contribution >= 0.6 is 0 Å². The highest BCUT2D eigenvalue weighted by molar-refractivity contribution is 6.26. The highest BCUT2D eigenvalue weighted by Gasteiger charge is 2.45. The predicted octanol–water partition coefficient (Wildman–Crippen LogP) is 5.24. The van der Waals surface area contributed by atoms with Crippen molar-refractivity contribution in [3.05, 3.63) is 89.0 Å². The first-order chi connectivity index (χ1) is 25.4. The molecule has 13 nitrogen and oxygen atoms in total. The van der Waals surface area contributed by atoms with Crippen molar-refractivity contribution in [3.63, 3.8) is 0 Å². The van der Waals surface area contributed by atoms with Crippen LogP contribution in [0.2, 0.25) is 0 Å². The van der Waals surface area contributed by atoms with Crippen LogP contribution in [-0.4, -0.2) is 79.5 Å². The van der Waals surface area contributed by atoms with Crippen molar-refractivity contribution in [3.8, 4) is 0 Å². The molecule has 2 aliphatic heterocycles. The zero-order valence-corrected chi connectivity index (χ0v) is 28.5. The minimum absolute atomic E-state index is 0.00272. The van der Waals surface area contributed by atoms with Gasteiger partial charge in [0.25, 0.3) is 11.8 Å². The van der Waals surface area contributed by atoms with Gasteiger partial charge < -0.3 is 24.8 Å². The van der Waals surface area contributed by atoms with E-state index in [2.05, 4.69) is 16.0 Å². The highest BCUT2D eigenvalue weighted by atomic mass is 19.4. The van der Waals surface area contributed by atoms with E-state index in [1.54, 1.807) is 18.2 Å². The number of ether oxygens (including phenoxy) is 3. The summed E-state index contributed by atoms with van der Waals surface area (Å²) in [5.41, 5.74) is 0.0597. The summed E-state index contributed by atoms with van der Waals surface area (Å²) in [4.78, 5) is 76.1. The number of nitrogens with one attached hydrogen (secondary N) is 3. The second-order valence-corrected chi connectivity index (χ2v) is 12.1. The van der Waals surface area contributed by atoms with Crippen LogP contribution < -0.4 is 16.0 Å². The summed E-state index contributed by atoms with van der Waals surface area (Å²) in [7, 11) is 0. The first kappa shape index (κ1) is 38.6. The lowest BCUT2D eigenvalue weighted by molar-refractivity contribution is -0.138. The number of rotatable bonds is 17. The Kier molecular flexibility index (Phi) is 12.9. The summed E-state index contributed by atoms with van der Waals surface area (Å²) in [5.74, 6) is -3.55. The maximum atomic E-state index is 13.2. The van der Waals surface area contributed by atoms with Crippen molar-refractivity contribution in [2.24, 2.45) is 0 Å². The maximum absolute atomic E-state index is 13.2. The van der Waals surface area contributed by atoms with Gasteiger partial charge in [-0.3, -0.25) is 34.2 Å². The van der Waals surface area contributed by atoms with Crippen LogP contribution in [0.4, 0.5) is 30.2 Å². The lowest BCUT2D eigenvalue weighted by Crippen LogP contribution is -2.54. The number of amides is 5. The Morgan fingerprint density at radius 3 is 2.30 bits per heavy atom. The number of piperidine rings is 1. The third-order valence-corrected chi connectivity index (χ3v) is 8.38. The summed E-state index contributed by atoms with van der Waals surface area (Å²) in [6, 6.07) is 14.3. The average molecular weight is 739 g/mol. The quantitative estimate of drug-likeness (QED) is 0.0946. The van der Waals surface area contributed by atoms with Crippen LogP contribution in [0.1, 0.15) is 75.2 Å². The van der Waals surface area contributed by atoms with E-state index in [-0.39, 0.29) is 73.1 Å². The molecule has 3 N–H and O–H groups in total. The van der Waals surface area contributed by atoms with Crippen molar-refractivity contribution in [1.82, 2.24) is 10.2 Å². The van der Waals surface area contributed by atoms with Crippen molar-refractivity contribution >= 4 is 52.6 Å². The van der Waals surface area contributed by atoms with E-state index in [4.69, 9.17) is 14.2 Å². The molecule has 1 unspecified atom stereocenters. The Morgan fingerprint density at radius 1 is 0.811 bits per heavy atom. The molecule has 5 amide bonds. The molecular weight excluding hydrogens is 701 g/mol. The van der Waals surface area contributed by atoms with Gasteiger partial charge in [0, 0.05) is 25.1 Å². The SMILES string of the molecule is O=C1CCC(N2C(=O)c3cccc(NC(=O)CCCCCOCCOCCOC(=O)c4ccccc4Nc4cccc(C(F)(F)F)c4)c3C2=O)C(=O)N1. The lowest BCUT2D eigenvalue weighted by atomic mass is 10.0. The van der Waals surface area contributed by atoms with Gasteiger partial charge in [0.1, 0.15) is 12.6 Å². The first-order valence-electron chi connectivity index (χ1n) is 16.9. The molecule has 0 aromatic heterocycles. The molecule has 1 saturated heterocycles. The smallest absolute Gasteiger partial charge is 0.416 e. The third kappa shape index (κ3) is 10.0. The molecule has 0 aliphatic carbocycles. The molecule has 0 radical (unpaired) electrons. The summed E-state index contributed by atoms with van der Waals surface area (Å²) < 4.78 is 55.5. The maximum Gasteiger partial charge on any atom is 0.416 e. The number of unbranched alkanes of at least 4 members (excludes halogenated alkanes) is 2. The Hall–Kier alpha value is -5.61.